The number of hydrogen-bond donors (Lipinski definition) is 2. The Morgan fingerprint density at radius 3 is 2.73 bits per heavy atom. The van der Waals surface area contributed by atoms with E-state index >= 15 is 0 Å². The van der Waals surface area contributed by atoms with Crippen LogP contribution < -0.4 is 10.9 Å². The molecule has 1 aliphatic rings. The van der Waals surface area contributed by atoms with E-state index in [0.29, 0.717) is 30.2 Å². The van der Waals surface area contributed by atoms with E-state index in [2.05, 4.69) is 25.2 Å². The molecule has 0 fully saturated rings. The van der Waals surface area contributed by atoms with Crippen LogP contribution in [-0.2, 0) is 23.5 Å². The van der Waals surface area contributed by atoms with Crippen molar-refractivity contribution < 1.29 is 9.15 Å². The Hall–Kier alpha value is -3.04. The Morgan fingerprint density at radius 1 is 1.18 bits per heavy atom. The van der Waals surface area contributed by atoms with Gasteiger partial charge in [-0.05, 0) is 50.9 Å². The van der Waals surface area contributed by atoms with Gasteiger partial charge in [-0.3, -0.25) is 14.8 Å². The van der Waals surface area contributed by atoms with Gasteiger partial charge in [0.25, 0.3) is 5.56 Å². The number of pyridine rings is 1. The summed E-state index contributed by atoms with van der Waals surface area (Å²) in [7, 11) is 4.03. The van der Waals surface area contributed by atoms with Crippen molar-refractivity contribution in [2.45, 2.75) is 37.0 Å². The normalized spacial score (nSPS) is 17.5. The van der Waals surface area contributed by atoms with Crippen molar-refractivity contribution in [2.75, 3.05) is 26.0 Å². The molecule has 0 saturated carbocycles. The second-order valence-electron chi connectivity index (χ2n) is 8.42. The van der Waals surface area contributed by atoms with Crippen molar-refractivity contribution in [3.63, 3.8) is 0 Å². The second-order valence-corrected chi connectivity index (χ2v) is 9.74. The third-order valence-electron chi connectivity index (χ3n) is 5.24. The highest BCUT2D eigenvalue weighted by Gasteiger charge is 2.34. The van der Waals surface area contributed by atoms with Crippen molar-refractivity contribution >= 4 is 17.7 Å². The van der Waals surface area contributed by atoms with Gasteiger partial charge in [-0.15, -0.1) is 11.8 Å². The molecule has 1 unspecified atom stereocenters. The number of ether oxygens (including phenoxy) is 1. The van der Waals surface area contributed by atoms with Gasteiger partial charge in [0.2, 0.25) is 5.95 Å². The zero-order valence-corrected chi connectivity index (χ0v) is 19.9. The summed E-state index contributed by atoms with van der Waals surface area (Å²) >= 11 is 1.66. The molecular formula is C24H29N5O3S. The van der Waals surface area contributed by atoms with Crippen LogP contribution >= 0.6 is 11.8 Å². The first-order chi connectivity index (χ1) is 15.9. The zero-order chi connectivity index (χ0) is 23.3. The average molecular weight is 468 g/mol. The maximum atomic E-state index is 12.6. The third-order valence-corrected chi connectivity index (χ3v) is 6.60. The van der Waals surface area contributed by atoms with E-state index in [4.69, 9.17) is 9.15 Å². The Morgan fingerprint density at radius 2 is 2.03 bits per heavy atom. The number of thioether (sulfide) groups is 1. The smallest absolute Gasteiger partial charge is 0.255 e. The van der Waals surface area contributed by atoms with E-state index < -0.39 is 4.93 Å². The summed E-state index contributed by atoms with van der Waals surface area (Å²) in [5.41, 5.74) is 2.35. The molecule has 8 nitrogen and oxygen atoms in total. The predicted octanol–water partition coefficient (Wildman–Crippen LogP) is 3.69. The van der Waals surface area contributed by atoms with Crippen LogP contribution in [0.15, 0.2) is 58.2 Å². The fraction of sp³-hybridized carbons (Fsp3) is 0.375. The lowest BCUT2D eigenvalue weighted by Crippen LogP contribution is -2.34. The molecule has 0 radical (unpaired) electrons. The quantitative estimate of drug-likeness (QED) is 0.466. The van der Waals surface area contributed by atoms with Crippen molar-refractivity contribution in [3.8, 4) is 0 Å². The van der Waals surface area contributed by atoms with E-state index in [1.54, 1.807) is 30.4 Å². The molecule has 0 spiro atoms. The summed E-state index contributed by atoms with van der Waals surface area (Å²) < 4.78 is 11.9. The molecule has 2 N–H and O–H groups in total. The van der Waals surface area contributed by atoms with Crippen LogP contribution in [0.5, 0.6) is 0 Å². The van der Waals surface area contributed by atoms with Crippen molar-refractivity contribution in [1.82, 2.24) is 19.9 Å². The number of aromatic nitrogens is 3. The number of aromatic amines is 1. The minimum atomic E-state index is -0.487. The van der Waals surface area contributed by atoms with Crippen LogP contribution in [0.3, 0.4) is 0 Å². The monoisotopic (exact) mass is 467 g/mol. The van der Waals surface area contributed by atoms with Gasteiger partial charge in [0, 0.05) is 36.5 Å². The van der Waals surface area contributed by atoms with Gasteiger partial charge < -0.3 is 19.4 Å². The Balaban J connectivity index is 1.35. The van der Waals surface area contributed by atoms with Crippen LogP contribution in [0, 0.1) is 6.92 Å². The fourth-order valence-electron chi connectivity index (χ4n) is 3.48. The molecule has 1 aliphatic heterocycles. The van der Waals surface area contributed by atoms with Gasteiger partial charge in [0.05, 0.1) is 25.1 Å². The van der Waals surface area contributed by atoms with Gasteiger partial charge in [0.15, 0.2) is 4.93 Å². The third kappa shape index (κ3) is 6.27. The maximum absolute atomic E-state index is 12.6. The minimum absolute atomic E-state index is 0.163. The van der Waals surface area contributed by atoms with Crippen LogP contribution in [0.1, 0.15) is 34.8 Å². The summed E-state index contributed by atoms with van der Waals surface area (Å²) in [6.45, 7) is 3.19. The number of anilines is 1. The number of rotatable bonds is 10. The minimum Gasteiger partial charge on any atom is -0.482 e. The van der Waals surface area contributed by atoms with Crippen LogP contribution in [0.2, 0.25) is 0 Å². The first kappa shape index (κ1) is 23.1. The molecule has 1 atom stereocenters. The maximum Gasteiger partial charge on any atom is 0.255 e. The van der Waals surface area contributed by atoms with Gasteiger partial charge in [0.1, 0.15) is 11.5 Å². The average Bonchev–Trinajstić information content (AvgIpc) is 3.44. The van der Waals surface area contributed by atoms with E-state index in [1.807, 2.05) is 51.4 Å². The molecular weight excluding hydrogens is 438 g/mol. The van der Waals surface area contributed by atoms with Gasteiger partial charge in [-0.25, -0.2) is 4.98 Å². The Labute approximate surface area is 197 Å². The molecule has 9 heteroatoms. The lowest BCUT2D eigenvalue weighted by molar-refractivity contribution is 0.148. The summed E-state index contributed by atoms with van der Waals surface area (Å²) in [5, 5.41) is 3.23. The molecule has 0 bridgehead atoms. The molecule has 0 aliphatic carbocycles. The molecule has 174 valence electrons. The van der Waals surface area contributed by atoms with E-state index in [9.17, 15) is 4.79 Å². The standard InChI is InChI=1S/C24H29N5O3S/c1-17-5-6-18(12-25-17)11-19-13-26-23(28-22(19)30)27-16-24(9-4-10-31-24)33-15-21-8-7-20(32-21)14-29(2)3/h4-8,10,12-13H,9,11,14-16H2,1-3H3,(H2,26,27,28,30). The molecule has 0 saturated heterocycles. The van der Waals surface area contributed by atoms with Crippen LogP contribution in [-0.4, -0.2) is 45.4 Å². The molecule has 4 rings (SSSR count). The highest BCUT2D eigenvalue weighted by atomic mass is 32.2. The summed E-state index contributed by atoms with van der Waals surface area (Å²) in [6, 6.07) is 7.93. The fourth-order valence-corrected chi connectivity index (χ4v) is 4.56. The highest BCUT2D eigenvalue weighted by molar-refractivity contribution is 7.99. The largest absolute Gasteiger partial charge is 0.482 e. The van der Waals surface area contributed by atoms with Gasteiger partial charge in [-0.1, -0.05) is 6.07 Å². The van der Waals surface area contributed by atoms with Gasteiger partial charge >= 0.3 is 0 Å². The Kier molecular flexibility index (Phi) is 7.20. The van der Waals surface area contributed by atoms with Crippen molar-refractivity contribution in [3.05, 3.63) is 87.7 Å². The first-order valence-corrected chi connectivity index (χ1v) is 11.8. The SMILES string of the molecule is Cc1ccc(Cc2cnc(NCC3(SCc4ccc(CN(C)C)o4)CC=CO3)[nH]c2=O)cn1. The number of furan rings is 1. The van der Waals surface area contributed by atoms with Crippen LogP contribution in [0.4, 0.5) is 5.95 Å². The number of nitrogens with zero attached hydrogens (tertiary/aromatic N) is 3. The Bertz CT molecular complexity index is 1150. The van der Waals surface area contributed by atoms with Crippen LogP contribution in [0.25, 0.3) is 0 Å². The summed E-state index contributed by atoms with van der Waals surface area (Å²) in [5.74, 6) is 2.96. The number of nitrogens with one attached hydrogen (secondary N) is 2. The topological polar surface area (TPSA) is 96.3 Å². The van der Waals surface area contributed by atoms with Crippen molar-refractivity contribution in [2.24, 2.45) is 0 Å². The lowest BCUT2D eigenvalue weighted by Gasteiger charge is -2.28. The van der Waals surface area contributed by atoms with Crippen molar-refractivity contribution in [1.29, 1.82) is 0 Å². The lowest BCUT2D eigenvalue weighted by atomic mass is 10.1. The molecule has 4 heterocycles. The second kappa shape index (κ2) is 10.3. The van der Waals surface area contributed by atoms with Gasteiger partial charge in [-0.2, -0.15) is 0 Å². The predicted molar refractivity (Wildman–Crippen MR) is 130 cm³/mol. The highest BCUT2D eigenvalue weighted by Crippen LogP contribution is 2.37. The number of H-pyrrole nitrogens is 1. The summed E-state index contributed by atoms with van der Waals surface area (Å²) in [4.78, 5) is 25.7. The number of aryl methyl sites for hydroxylation is 1. The van der Waals surface area contributed by atoms with E-state index in [0.717, 1.165) is 35.7 Å². The van der Waals surface area contributed by atoms with E-state index in [-0.39, 0.29) is 5.56 Å². The van der Waals surface area contributed by atoms with E-state index in [1.165, 1.54) is 0 Å². The summed E-state index contributed by atoms with van der Waals surface area (Å²) in [6.07, 6.45) is 8.37. The first-order valence-electron chi connectivity index (χ1n) is 10.8. The molecule has 3 aromatic rings. The molecule has 3 aromatic heterocycles. The molecule has 0 amide bonds. The molecule has 33 heavy (non-hydrogen) atoms. The number of hydrogen-bond acceptors (Lipinski definition) is 8. The molecule has 0 aromatic carbocycles. The zero-order valence-electron chi connectivity index (χ0n) is 19.1.